The second kappa shape index (κ2) is 19.1. The van der Waals surface area contributed by atoms with Crippen LogP contribution in [0.15, 0.2) is 0 Å². The SMILES string of the molecule is CC[C@H]1OC(=O)[C@H](C)[C@@H](O[C@@H]2C[C@@](C)(OC)[C@@H](O)[C@H](C)O2)[C@H](C)[C@@H](O[C@@H]2O[C@H](C)C[C@H](N(C)CCOC)[C@H]2O)[C@](C)(O)C[C@@H](C)[C@H](O)[C@H](C)[C@@H](O)[C@]1(C)O. The van der Waals surface area contributed by atoms with Crippen LogP contribution in [0.3, 0.4) is 0 Å². The normalized spacial score (nSPS) is 49.0. The lowest BCUT2D eigenvalue weighted by Crippen LogP contribution is -2.61. The van der Waals surface area contributed by atoms with Gasteiger partial charge in [-0.2, -0.15) is 0 Å². The van der Waals surface area contributed by atoms with Gasteiger partial charge in [-0.15, -0.1) is 0 Å². The van der Waals surface area contributed by atoms with Gasteiger partial charge in [0.2, 0.25) is 0 Å². The molecule has 0 amide bonds. The number of carbonyl (C=O) groups is 1. The first kappa shape index (κ1) is 47.3. The van der Waals surface area contributed by atoms with Gasteiger partial charge in [-0.25, -0.2) is 0 Å². The maximum atomic E-state index is 14.2. The van der Waals surface area contributed by atoms with E-state index in [-0.39, 0.29) is 31.4 Å². The Balaban J connectivity index is 2.17. The van der Waals surface area contributed by atoms with E-state index in [0.717, 1.165) is 0 Å². The van der Waals surface area contributed by atoms with Gasteiger partial charge in [-0.05, 0) is 73.8 Å². The van der Waals surface area contributed by atoms with Crippen molar-refractivity contribution in [3.05, 3.63) is 0 Å². The van der Waals surface area contributed by atoms with Crippen molar-refractivity contribution in [2.75, 3.05) is 34.4 Å². The fraction of sp³-hybridized carbons (Fsp3) is 0.974. The quantitative estimate of drug-likeness (QED) is 0.174. The van der Waals surface area contributed by atoms with E-state index in [9.17, 15) is 35.4 Å². The number of cyclic esters (lactones) is 1. The van der Waals surface area contributed by atoms with Gasteiger partial charge in [0.05, 0.1) is 60.4 Å². The molecule has 0 aliphatic carbocycles. The molecule has 19 atom stereocenters. The van der Waals surface area contributed by atoms with Crippen LogP contribution in [0, 0.1) is 23.7 Å². The molecular formula is C39H73NO14. The number of aliphatic hydroxyl groups excluding tert-OH is 4. The van der Waals surface area contributed by atoms with E-state index < -0.39 is 108 Å². The zero-order chi connectivity index (χ0) is 41.1. The van der Waals surface area contributed by atoms with Crippen molar-refractivity contribution >= 4 is 5.97 Å². The van der Waals surface area contributed by atoms with Crippen LogP contribution in [-0.4, -0.2) is 166 Å². The Morgan fingerprint density at radius 3 is 2.07 bits per heavy atom. The van der Waals surface area contributed by atoms with Crippen molar-refractivity contribution in [3.8, 4) is 0 Å². The highest BCUT2D eigenvalue weighted by molar-refractivity contribution is 5.73. The highest BCUT2D eigenvalue weighted by Crippen LogP contribution is 2.41. The van der Waals surface area contributed by atoms with Crippen LogP contribution < -0.4 is 0 Å². The van der Waals surface area contributed by atoms with E-state index in [4.69, 9.17) is 33.2 Å². The highest BCUT2D eigenvalue weighted by atomic mass is 16.7. The third-order valence-corrected chi connectivity index (χ3v) is 12.6. The summed E-state index contributed by atoms with van der Waals surface area (Å²) in [7, 11) is 4.98. The van der Waals surface area contributed by atoms with Gasteiger partial charge in [0.1, 0.15) is 23.9 Å². The maximum Gasteiger partial charge on any atom is 0.311 e. The fourth-order valence-corrected chi connectivity index (χ4v) is 8.91. The molecular weight excluding hydrogens is 706 g/mol. The van der Waals surface area contributed by atoms with Gasteiger partial charge in [0.25, 0.3) is 0 Å². The summed E-state index contributed by atoms with van der Waals surface area (Å²) in [6.07, 6.45) is -10.8. The molecule has 0 aromatic rings. The Labute approximate surface area is 322 Å². The largest absolute Gasteiger partial charge is 0.459 e. The van der Waals surface area contributed by atoms with Crippen LogP contribution in [-0.2, 0) is 38.0 Å². The van der Waals surface area contributed by atoms with E-state index in [1.54, 1.807) is 62.5 Å². The standard InChI is InChI=1S/C39H73NO14/c1-14-27-39(10,47)32(43)22(4)29(41)20(2)18-37(8,46)34(54-36-30(42)26(17-21(3)50-36)40(11)15-16-48-12)23(5)31(24(6)35(45)52-27)53-28-19-38(9,49-13)33(44)25(7)51-28/h20-34,36,41-44,46-47H,14-19H2,1-13H3/t20-,21-,22+,23+,24-,25+,26+,27-,28-,29+,30-,31+,32-,33+,34-,36+,37-,38-,39-/m1/s1. The van der Waals surface area contributed by atoms with E-state index in [1.807, 2.05) is 18.9 Å². The van der Waals surface area contributed by atoms with Crippen LogP contribution in [0.1, 0.15) is 94.9 Å². The van der Waals surface area contributed by atoms with Crippen molar-refractivity contribution in [1.29, 1.82) is 0 Å². The summed E-state index contributed by atoms with van der Waals surface area (Å²) in [5.74, 6) is -4.18. The van der Waals surface area contributed by atoms with Crippen LogP contribution in [0.5, 0.6) is 0 Å². The first-order valence-electron chi connectivity index (χ1n) is 19.7. The second-order valence-electron chi connectivity index (χ2n) is 17.2. The average Bonchev–Trinajstić information content (AvgIpc) is 3.11. The van der Waals surface area contributed by atoms with E-state index >= 15 is 0 Å². The number of ether oxygens (including phenoxy) is 7. The molecule has 3 fully saturated rings. The third-order valence-electron chi connectivity index (χ3n) is 12.6. The van der Waals surface area contributed by atoms with Gasteiger partial charge in [0, 0.05) is 45.1 Å². The number of carbonyl (C=O) groups excluding carboxylic acids is 1. The first-order chi connectivity index (χ1) is 25.0. The summed E-state index contributed by atoms with van der Waals surface area (Å²) in [5, 5.41) is 69.8. The molecule has 0 unspecified atom stereocenters. The fourth-order valence-electron chi connectivity index (χ4n) is 8.91. The van der Waals surface area contributed by atoms with E-state index in [1.165, 1.54) is 14.0 Å². The lowest BCUT2D eigenvalue weighted by Gasteiger charge is -2.49. The minimum absolute atomic E-state index is 0.0500. The Morgan fingerprint density at radius 2 is 1.50 bits per heavy atom. The Morgan fingerprint density at radius 1 is 0.870 bits per heavy atom. The molecule has 0 aromatic heterocycles. The molecule has 15 heteroatoms. The number of rotatable bonds is 10. The highest BCUT2D eigenvalue weighted by Gasteiger charge is 2.53. The predicted molar refractivity (Wildman–Crippen MR) is 198 cm³/mol. The predicted octanol–water partition coefficient (Wildman–Crippen LogP) is 1.59. The molecule has 3 heterocycles. The first-order valence-corrected chi connectivity index (χ1v) is 19.7. The lowest BCUT2D eigenvalue weighted by molar-refractivity contribution is -0.319. The van der Waals surface area contributed by atoms with Gasteiger partial charge in [0.15, 0.2) is 12.6 Å². The minimum Gasteiger partial charge on any atom is -0.459 e. The average molecular weight is 780 g/mol. The number of hydrogen-bond acceptors (Lipinski definition) is 15. The summed E-state index contributed by atoms with van der Waals surface area (Å²) >= 11 is 0. The smallest absolute Gasteiger partial charge is 0.311 e. The monoisotopic (exact) mass is 780 g/mol. The van der Waals surface area contributed by atoms with Crippen LogP contribution >= 0.6 is 0 Å². The Kier molecular flexibility index (Phi) is 16.8. The van der Waals surface area contributed by atoms with E-state index in [0.29, 0.717) is 19.6 Å². The molecule has 0 aromatic carbocycles. The summed E-state index contributed by atoms with van der Waals surface area (Å²) in [5.41, 5.74) is -4.75. The molecule has 0 saturated carbocycles. The molecule has 3 aliphatic rings. The molecule has 3 aliphatic heterocycles. The van der Waals surface area contributed by atoms with Gasteiger partial charge in [-0.1, -0.05) is 27.7 Å². The van der Waals surface area contributed by atoms with Crippen molar-refractivity contribution in [3.63, 3.8) is 0 Å². The molecule has 318 valence electrons. The molecule has 0 spiro atoms. The molecule has 3 rings (SSSR count). The van der Waals surface area contributed by atoms with E-state index in [2.05, 4.69) is 0 Å². The van der Waals surface area contributed by atoms with Crippen molar-refractivity contribution in [2.24, 2.45) is 23.7 Å². The number of esters is 1. The number of aliphatic hydroxyl groups is 6. The lowest BCUT2D eigenvalue weighted by atomic mass is 9.73. The summed E-state index contributed by atoms with van der Waals surface area (Å²) in [6.45, 7) is 17.7. The van der Waals surface area contributed by atoms with Gasteiger partial charge in [-0.3, -0.25) is 9.69 Å². The van der Waals surface area contributed by atoms with Crippen molar-refractivity contribution in [2.45, 2.75) is 185 Å². The number of methoxy groups -OCH3 is 2. The molecule has 6 N–H and O–H groups in total. The zero-order valence-electron chi connectivity index (χ0n) is 34.9. The number of nitrogens with zero attached hydrogens (tertiary/aromatic N) is 1. The maximum absolute atomic E-state index is 14.2. The van der Waals surface area contributed by atoms with Crippen molar-refractivity contribution in [1.82, 2.24) is 4.90 Å². The second-order valence-corrected chi connectivity index (χ2v) is 17.2. The van der Waals surface area contributed by atoms with Crippen LogP contribution in [0.25, 0.3) is 0 Å². The molecule has 0 radical (unpaired) electrons. The Hall–Kier alpha value is -1.05. The Bertz CT molecular complexity index is 1180. The summed E-state index contributed by atoms with van der Waals surface area (Å²) in [4.78, 5) is 16.1. The topological polar surface area (TPSA) is 206 Å². The molecule has 15 nitrogen and oxygen atoms in total. The third kappa shape index (κ3) is 10.5. The van der Waals surface area contributed by atoms with Gasteiger partial charge >= 0.3 is 5.97 Å². The number of likely N-dealkylation sites (N-methyl/N-ethyl adjacent to an activating group) is 1. The van der Waals surface area contributed by atoms with Crippen LogP contribution in [0.4, 0.5) is 0 Å². The zero-order valence-corrected chi connectivity index (χ0v) is 34.9. The number of hydrogen-bond donors (Lipinski definition) is 6. The van der Waals surface area contributed by atoms with Gasteiger partial charge < -0.3 is 63.8 Å². The minimum atomic E-state index is -1.94. The van der Waals surface area contributed by atoms with Crippen LogP contribution in [0.2, 0.25) is 0 Å². The molecule has 54 heavy (non-hydrogen) atoms. The summed E-state index contributed by atoms with van der Waals surface area (Å²) < 4.78 is 42.7. The van der Waals surface area contributed by atoms with Crippen molar-refractivity contribution < 1.29 is 68.6 Å². The summed E-state index contributed by atoms with van der Waals surface area (Å²) in [6, 6.07) is -0.370. The molecule has 3 saturated heterocycles. The molecule has 0 bridgehead atoms.